The zero-order valence-electron chi connectivity index (χ0n) is 15.1. The number of pyridine rings is 1. The second-order valence-electron chi connectivity index (χ2n) is 6.38. The summed E-state index contributed by atoms with van der Waals surface area (Å²) >= 11 is 2.71. The lowest BCUT2D eigenvalue weighted by Gasteiger charge is -2.34. The van der Waals surface area contributed by atoms with Gasteiger partial charge in [0, 0.05) is 11.1 Å². The van der Waals surface area contributed by atoms with E-state index >= 15 is 0 Å². The molecule has 0 amide bonds. The number of thiazole rings is 1. The number of aromatic nitrogens is 2. The SMILES string of the molecule is O=c1c(C2=NS(O)(O)c3ccccc3N2)c(O)c2sccc2n1NCc1cncs1. The first-order valence-corrected chi connectivity index (χ1v) is 11.9. The van der Waals surface area contributed by atoms with E-state index in [0.717, 1.165) is 4.88 Å². The Labute approximate surface area is 179 Å². The molecule has 5 N–H and O–H groups in total. The highest BCUT2D eigenvalue weighted by atomic mass is 32.3. The number of fused-ring (bicyclic) bond motifs is 2. The molecule has 1 aromatic carbocycles. The van der Waals surface area contributed by atoms with Gasteiger partial charge in [0.05, 0.1) is 28.0 Å². The summed E-state index contributed by atoms with van der Waals surface area (Å²) in [5.41, 5.74) is 4.98. The van der Waals surface area contributed by atoms with E-state index in [1.54, 1.807) is 47.4 Å². The number of anilines is 1. The molecule has 0 atom stereocenters. The summed E-state index contributed by atoms with van der Waals surface area (Å²) in [5.74, 6) is -0.360. The summed E-state index contributed by atoms with van der Waals surface area (Å²) in [6.45, 7) is 0.359. The Morgan fingerprint density at radius 1 is 1.20 bits per heavy atom. The van der Waals surface area contributed by atoms with Gasteiger partial charge >= 0.3 is 0 Å². The van der Waals surface area contributed by atoms with Gasteiger partial charge in [-0.05, 0) is 23.6 Å². The monoisotopic (exact) mass is 461 g/mol. The van der Waals surface area contributed by atoms with Crippen LogP contribution in [0.2, 0.25) is 0 Å². The predicted molar refractivity (Wildman–Crippen MR) is 121 cm³/mol. The highest BCUT2D eigenvalue weighted by Gasteiger charge is 2.30. The summed E-state index contributed by atoms with van der Waals surface area (Å²) in [4.78, 5) is 18.5. The van der Waals surface area contributed by atoms with Crippen LogP contribution < -0.4 is 16.3 Å². The predicted octanol–water partition coefficient (Wildman–Crippen LogP) is 3.87. The van der Waals surface area contributed by atoms with Crippen molar-refractivity contribution >= 4 is 55.2 Å². The van der Waals surface area contributed by atoms with Gasteiger partial charge in [-0.15, -0.1) is 27.1 Å². The first-order chi connectivity index (χ1) is 14.5. The number of nitrogens with zero attached hydrogens (tertiary/aromatic N) is 3. The third-order valence-electron chi connectivity index (χ3n) is 4.54. The largest absolute Gasteiger partial charge is 0.505 e. The van der Waals surface area contributed by atoms with Crippen LogP contribution >= 0.6 is 33.4 Å². The van der Waals surface area contributed by atoms with Crippen LogP contribution in [0.15, 0.2) is 61.5 Å². The number of thiophene rings is 1. The number of hydrogen-bond acceptors (Lipinski definition) is 10. The molecule has 154 valence electrons. The molecule has 0 fully saturated rings. The number of aromatic hydroxyl groups is 1. The molecule has 1 aliphatic heterocycles. The third kappa shape index (κ3) is 3.05. The molecular weight excluding hydrogens is 446 g/mol. The number of benzene rings is 1. The van der Waals surface area contributed by atoms with Crippen molar-refractivity contribution in [2.45, 2.75) is 11.4 Å². The van der Waals surface area contributed by atoms with Crippen LogP contribution in [0.1, 0.15) is 10.4 Å². The number of amidine groups is 1. The van der Waals surface area contributed by atoms with Gasteiger partial charge < -0.3 is 15.8 Å². The highest BCUT2D eigenvalue weighted by Crippen LogP contribution is 2.55. The van der Waals surface area contributed by atoms with Crippen molar-refractivity contribution in [3.8, 4) is 5.75 Å². The average molecular weight is 462 g/mol. The van der Waals surface area contributed by atoms with Crippen molar-refractivity contribution < 1.29 is 14.2 Å². The Morgan fingerprint density at radius 2 is 2.03 bits per heavy atom. The van der Waals surface area contributed by atoms with Gasteiger partial charge in [0.1, 0.15) is 10.5 Å². The van der Waals surface area contributed by atoms with Crippen molar-refractivity contribution in [2.75, 3.05) is 10.7 Å². The molecule has 9 nitrogen and oxygen atoms in total. The maximum Gasteiger partial charge on any atom is 0.284 e. The minimum Gasteiger partial charge on any atom is -0.505 e. The van der Waals surface area contributed by atoms with Crippen LogP contribution in [0, 0.1) is 0 Å². The molecule has 4 heterocycles. The van der Waals surface area contributed by atoms with Crippen molar-refractivity contribution in [3.05, 3.63) is 68.2 Å². The Balaban J connectivity index is 1.67. The normalized spacial score (nSPS) is 15.9. The van der Waals surface area contributed by atoms with Crippen LogP contribution in [0.4, 0.5) is 5.69 Å². The molecular formula is C18H15N5O4S3. The van der Waals surface area contributed by atoms with Gasteiger partial charge in [0.25, 0.3) is 5.56 Å². The van der Waals surface area contributed by atoms with Crippen LogP contribution in [-0.2, 0) is 6.54 Å². The molecule has 4 aromatic rings. The van der Waals surface area contributed by atoms with Crippen LogP contribution in [-0.4, -0.2) is 29.7 Å². The van der Waals surface area contributed by atoms with E-state index in [9.17, 15) is 19.0 Å². The number of hydrogen-bond donors (Lipinski definition) is 5. The summed E-state index contributed by atoms with van der Waals surface area (Å²) in [5, 5.41) is 15.6. The summed E-state index contributed by atoms with van der Waals surface area (Å²) in [6, 6.07) is 8.32. The molecule has 1 aliphatic rings. The van der Waals surface area contributed by atoms with E-state index in [4.69, 9.17) is 0 Å². The topological polar surface area (TPSA) is 132 Å². The molecule has 0 spiro atoms. The Morgan fingerprint density at radius 3 is 2.83 bits per heavy atom. The second-order valence-corrected chi connectivity index (χ2v) is 9.93. The first-order valence-electron chi connectivity index (χ1n) is 8.67. The van der Waals surface area contributed by atoms with Crippen molar-refractivity contribution in [3.63, 3.8) is 0 Å². The van der Waals surface area contributed by atoms with Gasteiger partial charge in [0.15, 0.2) is 11.6 Å². The molecule has 0 radical (unpaired) electrons. The molecule has 30 heavy (non-hydrogen) atoms. The van der Waals surface area contributed by atoms with Crippen LogP contribution in [0.5, 0.6) is 5.75 Å². The smallest absolute Gasteiger partial charge is 0.284 e. The molecule has 3 aromatic heterocycles. The summed E-state index contributed by atoms with van der Waals surface area (Å²) < 4.78 is 26.8. The van der Waals surface area contributed by atoms with Gasteiger partial charge in [-0.25, -0.2) is 4.68 Å². The maximum atomic E-state index is 13.3. The van der Waals surface area contributed by atoms with Gasteiger partial charge in [-0.3, -0.25) is 18.9 Å². The first kappa shape index (κ1) is 19.1. The zero-order chi connectivity index (χ0) is 20.9. The van der Waals surface area contributed by atoms with Crippen LogP contribution in [0.25, 0.3) is 10.2 Å². The second kappa shape index (κ2) is 7.11. The number of para-hydroxylation sites is 1. The van der Waals surface area contributed by atoms with E-state index in [0.29, 0.717) is 22.4 Å². The third-order valence-corrected chi connectivity index (χ3v) is 7.61. The summed E-state index contributed by atoms with van der Waals surface area (Å²) in [6.07, 6.45) is 1.70. The molecule has 0 unspecified atom stereocenters. The van der Waals surface area contributed by atoms with Gasteiger partial charge in [-0.2, -0.15) is 0 Å². The van der Waals surface area contributed by atoms with E-state index in [-0.39, 0.29) is 22.0 Å². The lowest BCUT2D eigenvalue weighted by molar-refractivity contribution is 0.479. The molecule has 0 saturated carbocycles. The van der Waals surface area contributed by atoms with E-state index in [2.05, 4.69) is 20.1 Å². The van der Waals surface area contributed by atoms with Crippen molar-refractivity contribution in [1.82, 2.24) is 9.66 Å². The Kier molecular flexibility index (Phi) is 4.52. The molecule has 0 aliphatic carbocycles. The fourth-order valence-electron chi connectivity index (χ4n) is 3.19. The van der Waals surface area contributed by atoms with E-state index in [1.165, 1.54) is 27.3 Å². The van der Waals surface area contributed by atoms with Crippen molar-refractivity contribution in [2.24, 2.45) is 4.40 Å². The fourth-order valence-corrected chi connectivity index (χ4v) is 5.71. The van der Waals surface area contributed by atoms with Crippen molar-refractivity contribution in [1.29, 1.82) is 0 Å². The Bertz CT molecular complexity index is 1340. The van der Waals surface area contributed by atoms with Gasteiger partial charge in [-0.1, -0.05) is 22.9 Å². The average Bonchev–Trinajstić information content (AvgIpc) is 3.40. The standard InChI is InChI=1S/C18H15N5O4S3/c24-15-14(17-21-11-3-1-2-4-13(11)30(26,27)22-17)18(25)23(12-5-6-28-16(12)15)20-8-10-7-19-9-29-10/h1-7,9,20,24,26-27H,8H2,(H,21,22). The number of nitrogens with one attached hydrogen (secondary N) is 2. The van der Waals surface area contributed by atoms with Gasteiger partial charge in [0.2, 0.25) is 0 Å². The number of rotatable bonds is 4. The lowest BCUT2D eigenvalue weighted by Crippen LogP contribution is -2.35. The molecule has 0 bridgehead atoms. The van der Waals surface area contributed by atoms with E-state index in [1.807, 2.05) is 0 Å². The highest BCUT2D eigenvalue weighted by molar-refractivity contribution is 8.23. The minimum absolute atomic E-state index is 0.0974. The maximum absolute atomic E-state index is 13.3. The zero-order valence-corrected chi connectivity index (χ0v) is 17.6. The van der Waals surface area contributed by atoms with E-state index < -0.39 is 16.3 Å². The molecule has 0 saturated heterocycles. The Hall–Kier alpha value is -2.90. The molecule has 5 rings (SSSR count). The minimum atomic E-state index is -3.53. The molecule has 12 heteroatoms. The summed E-state index contributed by atoms with van der Waals surface area (Å²) in [7, 11) is -3.53. The lowest BCUT2D eigenvalue weighted by atomic mass is 10.2. The fraction of sp³-hybridized carbons (Fsp3) is 0.0556. The quantitative estimate of drug-likeness (QED) is 0.312. The van der Waals surface area contributed by atoms with Crippen LogP contribution in [0.3, 0.4) is 0 Å².